The molecular weight excluding hydrogens is 277 g/mol. The molecule has 0 bridgehead atoms. The van der Waals surface area contributed by atoms with E-state index in [1.165, 1.54) is 12.1 Å². The van der Waals surface area contributed by atoms with Gasteiger partial charge in [-0.2, -0.15) is 0 Å². The van der Waals surface area contributed by atoms with Crippen molar-refractivity contribution >= 4 is 11.6 Å². The molecule has 0 aliphatic heterocycles. The number of aryl methyl sites for hydroxylation is 1. The second kappa shape index (κ2) is 6.25. The maximum absolute atomic E-state index is 13.4. The number of halogens is 2. The fraction of sp³-hybridized carbons (Fsp3) is 0.250. The maximum atomic E-state index is 13.4. The molecule has 0 aliphatic carbocycles. The lowest BCUT2D eigenvalue weighted by Gasteiger charge is -2.15. The van der Waals surface area contributed by atoms with Crippen LogP contribution in [-0.2, 0) is 6.61 Å². The molecule has 0 fully saturated rings. The van der Waals surface area contributed by atoms with Crippen LogP contribution in [0, 0.1) is 12.7 Å². The lowest BCUT2D eigenvalue weighted by atomic mass is 10.1. The Hall–Kier alpha value is -1.58. The van der Waals surface area contributed by atoms with E-state index in [0.29, 0.717) is 0 Å². The van der Waals surface area contributed by atoms with Crippen molar-refractivity contribution in [3.05, 3.63) is 63.9 Å². The molecule has 20 heavy (non-hydrogen) atoms. The van der Waals surface area contributed by atoms with Crippen LogP contribution < -0.4 is 10.5 Å². The zero-order valence-corrected chi connectivity index (χ0v) is 12.2. The molecule has 4 heteroatoms. The Kier molecular flexibility index (Phi) is 4.63. The highest BCUT2D eigenvalue weighted by Gasteiger charge is 2.09. The molecule has 0 saturated heterocycles. The van der Waals surface area contributed by atoms with Crippen molar-refractivity contribution in [2.24, 2.45) is 5.73 Å². The Morgan fingerprint density at radius 1 is 1.25 bits per heavy atom. The van der Waals surface area contributed by atoms with E-state index in [2.05, 4.69) is 0 Å². The minimum Gasteiger partial charge on any atom is -0.489 e. The molecule has 2 N–H and O–H groups in total. The summed E-state index contributed by atoms with van der Waals surface area (Å²) in [5, 5.41) is 0.111. The van der Waals surface area contributed by atoms with Crippen molar-refractivity contribution in [2.75, 3.05) is 0 Å². The van der Waals surface area contributed by atoms with Crippen LogP contribution in [0.3, 0.4) is 0 Å². The van der Waals surface area contributed by atoms with Gasteiger partial charge in [-0.3, -0.25) is 0 Å². The average molecular weight is 294 g/mol. The van der Waals surface area contributed by atoms with Gasteiger partial charge in [0.05, 0.1) is 5.02 Å². The molecule has 2 nitrogen and oxygen atoms in total. The van der Waals surface area contributed by atoms with E-state index in [0.717, 1.165) is 22.4 Å². The van der Waals surface area contributed by atoms with Gasteiger partial charge in [-0.25, -0.2) is 4.39 Å². The molecule has 0 radical (unpaired) electrons. The molecule has 0 aliphatic rings. The molecule has 1 atom stereocenters. The summed E-state index contributed by atoms with van der Waals surface area (Å²) in [6, 6.07) is 10.4. The molecule has 0 amide bonds. The van der Waals surface area contributed by atoms with E-state index >= 15 is 0 Å². The van der Waals surface area contributed by atoms with Gasteiger partial charge in [0.25, 0.3) is 0 Å². The maximum Gasteiger partial charge on any atom is 0.142 e. The Balaban J connectivity index is 2.16. The molecule has 2 rings (SSSR count). The molecule has 0 aromatic heterocycles. The summed E-state index contributed by atoms with van der Waals surface area (Å²) in [6.45, 7) is 4.19. The van der Waals surface area contributed by atoms with Gasteiger partial charge in [0.1, 0.15) is 18.2 Å². The van der Waals surface area contributed by atoms with Crippen molar-refractivity contribution in [1.29, 1.82) is 0 Å². The minimum absolute atomic E-state index is 0.111. The Bertz CT molecular complexity index is 613. The summed E-state index contributed by atoms with van der Waals surface area (Å²) < 4.78 is 19.1. The third kappa shape index (κ3) is 3.50. The topological polar surface area (TPSA) is 35.2 Å². The van der Waals surface area contributed by atoms with E-state index < -0.39 is 5.82 Å². The zero-order chi connectivity index (χ0) is 14.7. The largest absolute Gasteiger partial charge is 0.489 e. The van der Waals surface area contributed by atoms with Gasteiger partial charge in [0.15, 0.2) is 0 Å². The molecule has 2 aromatic rings. The lowest BCUT2D eigenvalue weighted by molar-refractivity contribution is 0.301. The second-order valence-electron chi connectivity index (χ2n) is 4.87. The van der Waals surface area contributed by atoms with Gasteiger partial charge in [-0.15, -0.1) is 0 Å². The van der Waals surface area contributed by atoms with Crippen molar-refractivity contribution in [2.45, 2.75) is 26.5 Å². The molecule has 0 spiro atoms. The van der Waals surface area contributed by atoms with Gasteiger partial charge in [-0.05, 0) is 37.6 Å². The molecular formula is C16H17ClFNO. The van der Waals surface area contributed by atoms with Crippen LogP contribution in [0.15, 0.2) is 36.4 Å². The highest BCUT2D eigenvalue weighted by atomic mass is 35.5. The molecule has 0 saturated carbocycles. The summed E-state index contributed by atoms with van der Waals surface area (Å²) in [5.41, 5.74) is 8.73. The Morgan fingerprint density at radius 3 is 2.65 bits per heavy atom. The fourth-order valence-corrected chi connectivity index (χ4v) is 2.06. The smallest absolute Gasteiger partial charge is 0.142 e. The van der Waals surface area contributed by atoms with Gasteiger partial charge < -0.3 is 10.5 Å². The summed E-state index contributed by atoms with van der Waals surface area (Å²) in [6.07, 6.45) is 0. The number of benzene rings is 2. The number of hydrogen-bond donors (Lipinski definition) is 1. The van der Waals surface area contributed by atoms with Gasteiger partial charge in [0, 0.05) is 11.6 Å². The fourth-order valence-electron chi connectivity index (χ4n) is 1.95. The Morgan fingerprint density at radius 2 is 2.00 bits per heavy atom. The van der Waals surface area contributed by atoms with Crippen molar-refractivity contribution in [3.63, 3.8) is 0 Å². The third-order valence-electron chi connectivity index (χ3n) is 3.03. The minimum atomic E-state index is -0.441. The standard InChI is InChI=1S/C16H17ClFNO/c1-10-3-6-16(13(7-10)11(2)19)20-9-12-4-5-14(17)15(18)8-12/h3-8,11H,9,19H2,1-2H3/t11-/m0/s1. The lowest BCUT2D eigenvalue weighted by Crippen LogP contribution is -2.08. The summed E-state index contributed by atoms with van der Waals surface area (Å²) >= 11 is 5.65. The predicted molar refractivity (Wildman–Crippen MR) is 79.5 cm³/mol. The van der Waals surface area contributed by atoms with E-state index in [4.69, 9.17) is 22.1 Å². The van der Waals surface area contributed by atoms with Crippen molar-refractivity contribution in [3.8, 4) is 5.75 Å². The van der Waals surface area contributed by atoms with E-state index in [1.54, 1.807) is 6.07 Å². The summed E-state index contributed by atoms with van der Waals surface area (Å²) in [7, 11) is 0. The summed E-state index contributed by atoms with van der Waals surface area (Å²) in [5.74, 6) is 0.282. The normalized spacial score (nSPS) is 12.2. The first kappa shape index (κ1) is 14.8. The first-order valence-electron chi connectivity index (χ1n) is 6.40. The van der Waals surface area contributed by atoms with Crippen LogP contribution in [-0.4, -0.2) is 0 Å². The van der Waals surface area contributed by atoms with Gasteiger partial charge >= 0.3 is 0 Å². The van der Waals surface area contributed by atoms with Crippen molar-refractivity contribution in [1.82, 2.24) is 0 Å². The van der Waals surface area contributed by atoms with Crippen LogP contribution in [0.1, 0.15) is 29.7 Å². The number of ether oxygens (including phenoxy) is 1. The first-order valence-corrected chi connectivity index (χ1v) is 6.78. The predicted octanol–water partition coefficient (Wildman–Crippen LogP) is 4.39. The molecule has 0 unspecified atom stereocenters. The van der Waals surface area contributed by atoms with E-state index in [-0.39, 0.29) is 17.7 Å². The molecule has 2 aromatic carbocycles. The van der Waals surface area contributed by atoms with Crippen LogP contribution in [0.25, 0.3) is 0 Å². The molecule has 106 valence electrons. The quantitative estimate of drug-likeness (QED) is 0.907. The number of hydrogen-bond acceptors (Lipinski definition) is 2. The van der Waals surface area contributed by atoms with Crippen LogP contribution in [0.5, 0.6) is 5.75 Å². The summed E-state index contributed by atoms with van der Waals surface area (Å²) in [4.78, 5) is 0. The third-order valence-corrected chi connectivity index (χ3v) is 3.34. The SMILES string of the molecule is Cc1ccc(OCc2ccc(Cl)c(F)c2)c([C@H](C)N)c1. The first-order chi connectivity index (χ1) is 9.47. The van der Waals surface area contributed by atoms with E-state index in [1.807, 2.05) is 32.0 Å². The van der Waals surface area contributed by atoms with Crippen molar-refractivity contribution < 1.29 is 9.13 Å². The zero-order valence-electron chi connectivity index (χ0n) is 11.5. The van der Waals surface area contributed by atoms with E-state index in [9.17, 15) is 4.39 Å². The Labute approximate surface area is 123 Å². The number of rotatable bonds is 4. The van der Waals surface area contributed by atoms with Crippen LogP contribution >= 0.6 is 11.6 Å². The monoisotopic (exact) mass is 293 g/mol. The second-order valence-corrected chi connectivity index (χ2v) is 5.27. The van der Waals surface area contributed by atoms with Gasteiger partial charge in [-0.1, -0.05) is 35.4 Å². The average Bonchev–Trinajstić information content (AvgIpc) is 2.41. The van der Waals surface area contributed by atoms with Crippen LogP contribution in [0.2, 0.25) is 5.02 Å². The number of nitrogens with two attached hydrogens (primary N) is 1. The highest BCUT2D eigenvalue weighted by Crippen LogP contribution is 2.26. The van der Waals surface area contributed by atoms with Gasteiger partial charge in [0.2, 0.25) is 0 Å². The van der Waals surface area contributed by atoms with Crippen LogP contribution in [0.4, 0.5) is 4.39 Å². The molecule has 0 heterocycles. The highest BCUT2D eigenvalue weighted by molar-refractivity contribution is 6.30.